The molecule has 1 aromatic heterocycles. The number of fused-ring (bicyclic) bond motifs is 1. The Morgan fingerprint density at radius 2 is 1.74 bits per heavy atom. The van der Waals surface area contributed by atoms with Crippen LogP contribution in [0.1, 0.15) is 88.6 Å². The number of nitrogens with zero attached hydrogens (tertiary/aromatic N) is 1. The predicted molar refractivity (Wildman–Crippen MR) is 161 cm³/mol. The van der Waals surface area contributed by atoms with Crippen molar-refractivity contribution in [2.45, 2.75) is 85.1 Å². The van der Waals surface area contributed by atoms with E-state index in [9.17, 15) is 14.0 Å². The molecule has 6 heteroatoms. The van der Waals surface area contributed by atoms with Crippen LogP contribution in [0.5, 0.6) is 0 Å². The molecule has 0 saturated heterocycles. The van der Waals surface area contributed by atoms with Gasteiger partial charge in [-0.2, -0.15) is 0 Å². The van der Waals surface area contributed by atoms with Gasteiger partial charge in [-0.15, -0.1) is 0 Å². The van der Waals surface area contributed by atoms with Crippen LogP contribution in [-0.4, -0.2) is 36.8 Å². The molecule has 2 aromatic carbocycles. The number of hydrogen-bond donors (Lipinski definition) is 2. The fourth-order valence-electron chi connectivity index (χ4n) is 4.99. The lowest BCUT2D eigenvalue weighted by Gasteiger charge is -2.29. The predicted octanol–water partition coefficient (Wildman–Crippen LogP) is 7.51. The summed E-state index contributed by atoms with van der Waals surface area (Å²) in [6, 6.07) is 14.5. The molecule has 212 valence electrons. The van der Waals surface area contributed by atoms with E-state index in [1.54, 1.807) is 6.07 Å². The third kappa shape index (κ3) is 9.54. The van der Waals surface area contributed by atoms with Crippen molar-refractivity contribution in [3.8, 4) is 11.3 Å². The molecule has 1 amide bonds. The molecule has 1 heterocycles. The molecule has 0 spiro atoms. The van der Waals surface area contributed by atoms with Gasteiger partial charge in [0.25, 0.3) is 5.91 Å². The number of amides is 1. The van der Waals surface area contributed by atoms with Gasteiger partial charge in [0.1, 0.15) is 12.1 Å². The van der Waals surface area contributed by atoms with Crippen LogP contribution in [0.2, 0.25) is 0 Å². The van der Waals surface area contributed by atoms with Crippen LogP contribution in [0, 0.1) is 11.7 Å². The number of pyridine rings is 1. The topological polar surface area (TPSA) is 71.1 Å². The number of aromatic nitrogens is 1. The highest BCUT2D eigenvalue weighted by molar-refractivity contribution is 6.09. The van der Waals surface area contributed by atoms with Crippen molar-refractivity contribution in [1.29, 1.82) is 0 Å². The summed E-state index contributed by atoms with van der Waals surface area (Å²) in [7, 11) is 1.96. The Balaban J connectivity index is 0.000000516. The second kappa shape index (κ2) is 17.5. The molecule has 2 N–H and O–H groups in total. The number of hydrogen-bond acceptors (Lipinski definition) is 4. The Labute approximate surface area is 234 Å². The molecule has 4 rings (SSSR count). The first-order chi connectivity index (χ1) is 18.9. The molecule has 1 fully saturated rings. The molecule has 0 unspecified atom stereocenters. The van der Waals surface area contributed by atoms with Crippen LogP contribution >= 0.6 is 0 Å². The van der Waals surface area contributed by atoms with Crippen molar-refractivity contribution in [1.82, 2.24) is 15.6 Å². The number of nitrogens with one attached hydrogen (secondary N) is 2. The highest BCUT2D eigenvalue weighted by atomic mass is 19.1. The number of aldehydes is 1. The molecule has 1 aliphatic carbocycles. The van der Waals surface area contributed by atoms with Gasteiger partial charge in [0, 0.05) is 23.4 Å². The van der Waals surface area contributed by atoms with Gasteiger partial charge in [0.2, 0.25) is 0 Å². The molecular formula is C33H46FN3O2. The van der Waals surface area contributed by atoms with E-state index < -0.39 is 0 Å². The summed E-state index contributed by atoms with van der Waals surface area (Å²) in [5.74, 6) is 0.0273. The van der Waals surface area contributed by atoms with E-state index in [4.69, 9.17) is 4.98 Å². The van der Waals surface area contributed by atoms with Gasteiger partial charge < -0.3 is 15.4 Å². The quantitative estimate of drug-likeness (QED) is 0.293. The maximum absolute atomic E-state index is 14.1. The van der Waals surface area contributed by atoms with E-state index in [-0.39, 0.29) is 17.8 Å². The van der Waals surface area contributed by atoms with Gasteiger partial charge >= 0.3 is 0 Å². The van der Waals surface area contributed by atoms with Crippen LogP contribution in [0.15, 0.2) is 48.5 Å². The number of halogens is 1. The van der Waals surface area contributed by atoms with Crippen LogP contribution in [0.4, 0.5) is 4.39 Å². The highest BCUT2D eigenvalue weighted by Crippen LogP contribution is 2.32. The Morgan fingerprint density at radius 3 is 2.28 bits per heavy atom. The first-order valence-corrected chi connectivity index (χ1v) is 14.5. The minimum Gasteiger partial charge on any atom is -0.349 e. The van der Waals surface area contributed by atoms with E-state index in [0.717, 1.165) is 42.5 Å². The Morgan fingerprint density at radius 1 is 1.08 bits per heavy atom. The van der Waals surface area contributed by atoms with E-state index >= 15 is 0 Å². The zero-order valence-electron chi connectivity index (χ0n) is 24.4. The van der Waals surface area contributed by atoms with Gasteiger partial charge in [-0.1, -0.05) is 70.4 Å². The fraction of sp³-hybridized carbons (Fsp3) is 0.485. The van der Waals surface area contributed by atoms with Crippen LogP contribution in [0.25, 0.3) is 22.2 Å². The second-order valence-electron chi connectivity index (χ2n) is 10.0. The molecule has 1 saturated carbocycles. The zero-order chi connectivity index (χ0) is 28.6. The summed E-state index contributed by atoms with van der Waals surface area (Å²) in [5, 5.41) is 6.84. The average molecular weight is 536 g/mol. The monoisotopic (exact) mass is 535 g/mol. The van der Waals surface area contributed by atoms with E-state index in [1.165, 1.54) is 37.8 Å². The fourth-order valence-corrected chi connectivity index (χ4v) is 4.99. The van der Waals surface area contributed by atoms with Crippen LogP contribution in [0.3, 0.4) is 0 Å². The molecular weight excluding hydrogens is 489 g/mol. The lowest BCUT2D eigenvalue weighted by Crippen LogP contribution is -2.39. The standard InChI is InChI=1S/C26H29FN2O.C4H11N.C3H6O/c1-3-21-24(26(30)28-17(2)18-10-6-4-7-11-18)22-16-20(27)14-15-23(22)29-25(21)19-12-8-5-9-13-19;1-3-4-5-2;1-2-3-4/h5,8-9,12-18H,3-4,6-7,10-11H2,1-2H3,(H,28,30);5H,3-4H2,1-2H3;3H,2H2,1H3/t17-;;/m0../s1. The largest absolute Gasteiger partial charge is 0.349 e. The summed E-state index contributed by atoms with van der Waals surface area (Å²) in [6.45, 7) is 9.22. The summed E-state index contributed by atoms with van der Waals surface area (Å²) in [6.07, 6.45) is 9.44. The average Bonchev–Trinajstić information content (AvgIpc) is 2.97. The van der Waals surface area contributed by atoms with E-state index in [1.807, 2.05) is 51.2 Å². The Bertz CT molecular complexity index is 1160. The van der Waals surface area contributed by atoms with Crippen molar-refractivity contribution < 1.29 is 14.0 Å². The number of carbonyl (C=O) groups is 2. The van der Waals surface area contributed by atoms with Crippen LogP contribution in [-0.2, 0) is 11.2 Å². The van der Waals surface area contributed by atoms with E-state index in [0.29, 0.717) is 35.2 Å². The molecule has 0 aliphatic heterocycles. The SMILES string of the molecule is CCC=O.CCCNC.CCc1c(-c2ccccc2)nc2ccc(F)cc2c1C(=O)N[C@@H](C)C1CCCCC1. The minimum absolute atomic E-state index is 0.0967. The number of rotatable bonds is 8. The summed E-state index contributed by atoms with van der Waals surface area (Å²) >= 11 is 0. The molecule has 5 nitrogen and oxygen atoms in total. The summed E-state index contributed by atoms with van der Waals surface area (Å²) in [4.78, 5) is 27.5. The Kier molecular flexibility index (Phi) is 14.4. The maximum atomic E-state index is 14.1. The lowest BCUT2D eigenvalue weighted by atomic mass is 9.84. The van der Waals surface area contributed by atoms with Crippen molar-refractivity contribution >= 4 is 23.1 Å². The van der Waals surface area contributed by atoms with Crippen molar-refractivity contribution in [3.05, 3.63) is 65.5 Å². The first kappa shape index (κ1) is 32.1. The summed E-state index contributed by atoms with van der Waals surface area (Å²) < 4.78 is 14.1. The van der Waals surface area contributed by atoms with Gasteiger partial charge in [0.15, 0.2) is 0 Å². The van der Waals surface area contributed by atoms with Crippen molar-refractivity contribution in [2.75, 3.05) is 13.6 Å². The molecule has 3 aromatic rings. The number of carbonyl (C=O) groups excluding carboxylic acids is 2. The lowest BCUT2D eigenvalue weighted by molar-refractivity contribution is -0.107. The van der Waals surface area contributed by atoms with Gasteiger partial charge in [-0.25, -0.2) is 9.37 Å². The molecule has 0 radical (unpaired) electrons. The van der Waals surface area contributed by atoms with Crippen LogP contribution < -0.4 is 10.6 Å². The third-order valence-corrected chi connectivity index (χ3v) is 7.06. The van der Waals surface area contributed by atoms with Gasteiger partial charge in [-0.3, -0.25) is 4.79 Å². The van der Waals surface area contributed by atoms with E-state index in [2.05, 4.69) is 24.5 Å². The molecule has 39 heavy (non-hydrogen) atoms. The van der Waals surface area contributed by atoms with Gasteiger partial charge in [-0.05, 0) is 75.9 Å². The van der Waals surface area contributed by atoms with Gasteiger partial charge in [0.05, 0.1) is 16.8 Å². The maximum Gasteiger partial charge on any atom is 0.252 e. The third-order valence-electron chi connectivity index (χ3n) is 7.06. The summed E-state index contributed by atoms with van der Waals surface area (Å²) in [5.41, 5.74) is 3.83. The first-order valence-electron chi connectivity index (χ1n) is 14.5. The zero-order valence-corrected chi connectivity index (χ0v) is 24.4. The van der Waals surface area contributed by atoms with Crippen molar-refractivity contribution in [2.24, 2.45) is 5.92 Å². The normalized spacial score (nSPS) is 13.9. The smallest absolute Gasteiger partial charge is 0.252 e. The molecule has 1 atom stereocenters. The van der Waals surface area contributed by atoms with Crippen molar-refractivity contribution in [3.63, 3.8) is 0 Å². The minimum atomic E-state index is -0.354. The molecule has 0 bridgehead atoms. The Hall–Kier alpha value is -3.12. The highest BCUT2D eigenvalue weighted by Gasteiger charge is 2.25. The second-order valence-corrected chi connectivity index (χ2v) is 10.0. The number of benzene rings is 2. The molecule has 1 aliphatic rings.